The van der Waals surface area contributed by atoms with Crippen LogP contribution in [-0.2, 0) is 9.59 Å². The van der Waals surface area contributed by atoms with Crippen molar-refractivity contribution in [2.75, 3.05) is 13.1 Å². The fourth-order valence-corrected chi connectivity index (χ4v) is 3.13. The molecular formula is C14H23N3O4. The van der Waals surface area contributed by atoms with Crippen molar-refractivity contribution in [3.05, 3.63) is 0 Å². The maximum atomic E-state index is 12.4. The molecule has 0 bridgehead atoms. The van der Waals surface area contributed by atoms with E-state index in [4.69, 9.17) is 0 Å². The Balaban J connectivity index is 2.01. The lowest BCUT2D eigenvalue weighted by molar-refractivity contribution is -0.139. The number of rotatable bonds is 4. The molecule has 3 amide bonds. The molecule has 0 saturated carbocycles. The molecule has 0 aromatic carbocycles. The molecule has 2 fully saturated rings. The normalized spacial score (nSPS) is 26.2. The fraction of sp³-hybridized carbons (Fsp3) is 0.786. The van der Waals surface area contributed by atoms with Crippen LogP contribution in [0.3, 0.4) is 0 Å². The smallest absolute Gasteiger partial charge is 0.326 e. The number of nitrogens with zero attached hydrogens (tertiary/aromatic N) is 1. The minimum absolute atomic E-state index is 0.00513. The second-order valence-electron chi connectivity index (χ2n) is 6.22. The van der Waals surface area contributed by atoms with E-state index in [1.807, 2.05) is 13.8 Å². The summed E-state index contributed by atoms with van der Waals surface area (Å²) in [4.78, 5) is 36.9. The number of aliphatic carboxylic acids is 1. The summed E-state index contributed by atoms with van der Waals surface area (Å²) in [5, 5.41) is 14.6. The van der Waals surface area contributed by atoms with Gasteiger partial charge in [0.15, 0.2) is 0 Å². The average molecular weight is 297 g/mol. The Hall–Kier alpha value is -1.79. The number of carboxylic acid groups (broad SMARTS) is 1. The van der Waals surface area contributed by atoms with Crippen LogP contribution in [-0.4, -0.2) is 53.1 Å². The third kappa shape index (κ3) is 3.46. The highest BCUT2D eigenvalue weighted by atomic mass is 16.4. The van der Waals surface area contributed by atoms with E-state index in [0.717, 1.165) is 12.8 Å². The number of nitrogens with one attached hydrogen (secondary N) is 2. The molecule has 21 heavy (non-hydrogen) atoms. The van der Waals surface area contributed by atoms with Gasteiger partial charge in [0.25, 0.3) is 0 Å². The number of urea groups is 1. The van der Waals surface area contributed by atoms with Gasteiger partial charge < -0.3 is 20.6 Å². The highest BCUT2D eigenvalue weighted by Crippen LogP contribution is 2.27. The molecule has 0 aliphatic carbocycles. The molecule has 3 N–H and O–H groups in total. The monoisotopic (exact) mass is 297 g/mol. The van der Waals surface area contributed by atoms with Crippen LogP contribution in [0.4, 0.5) is 4.79 Å². The maximum absolute atomic E-state index is 12.4. The third-order valence-electron chi connectivity index (χ3n) is 4.16. The van der Waals surface area contributed by atoms with Crippen LogP contribution < -0.4 is 10.6 Å². The number of carboxylic acids is 1. The molecular weight excluding hydrogens is 274 g/mol. The molecule has 118 valence electrons. The lowest BCUT2D eigenvalue weighted by Gasteiger charge is -2.36. The zero-order valence-electron chi connectivity index (χ0n) is 12.5. The minimum atomic E-state index is -1.02. The largest absolute Gasteiger partial charge is 0.480 e. The van der Waals surface area contributed by atoms with Gasteiger partial charge in [0.2, 0.25) is 5.91 Å². The molecule has 2 unspecified atom stereocenters. The summed E-state index contributed by atoms with van der Waals surface area (Å²) in [5.74, 6) is -1.01. The van der Waals surface area contributed by atoms with Gasteiger partial charge in [-0.1, -0.05) is 13.8 Å². The summed E-state index contributed by atoms with van der Waals surface area (Å²) in [6, 6.07) is -1.42. The first kappa shape index (κ1) is 15.6. The van der Waals surface area contributed by atoms with Crippen LogP contribution in [0.5, 0.6) is 0 Å². The first-order valence-corrected chi connectivity index (χ1v) is 7.47. The zero-order valence-corrected chi connectivity index (χ0v) is 12.5. The van der Waals surface area contributed by atoms with Crippen LogP contribution in [0, 0.1) is 11.8 Å². The number of likely N-dealkylation sites (tertiary alicyclic amines) is 1. The van der Waals surface area contributed by atoms with E-state index < -0.39 is 12.0 Å². The number of fused-ring (bicyclic) bond motifs is 1. The summed E-state index contributed by atoms with van der Waals surface area (Å²) in [6.07, 6.45) is 1.94. The van der Waals surface area contributed by atoms with Gasteiger partial charge in [0.05, 0.1) is 12.0 Å². The Morgan fingerprint density at radius 3 is 2.81 bits per heavy atom. The molecule has 2 aliphatic rings. The van der Waals surface area contributed by atoms with Crippen LogP contribution >= 0.6 is 0 Å². The minimum Gasteiger partial charge on any atom is -0.480 e. The molecule has 2 heterocycles. The molecule has 2 saturated heterocycles. The van der Waals surface area contributed by atoms with Gasteiger partial charge in [0, 0.05) is 13.1 Å². The molecule has 7 heteroatoms. The van der Waals surface area contributed by atoms with E-state index >= 15 is 0 Å². The van der Waals surface area contributed by atoms with Crippen molar-refractivity contribution in [3.8, 4) is 0 Å². The zero-order chi connectivity index (χ0) is 15.6. The number of piperidine rings is 1. The van der Waals surface area contributed by atoms with E-state index in [1.165, 1.54) is 0 Å². The van der Waals surface area contributed by atoms with Gasteiger partial charge in [-0.2, -0.15) is 0 Å². The summed E-state index contributed by atoms with van der Waals surface area (Å²) in [7, 11) is 0. The highest BCUT2D eigenvalue weighted by molar-refractivity contribution is 5.86. The Labute approximate surface area is 124 Å². The van der Waals surface area contributed by atoms with Gasteiger partial charge in [-0.25, -0.2) is 9.59 Å². The summed E-state index contributed by atoms with van der Waals surface area (Å²) < 4.78 is 0. The standard InChI is InChI=1S/C14H23N3O4/c1-8(2)6-10(13(19)20)16-14(21)17-5-3-4-9-11(17)7-15-12(9)18/h8-11H,3-7H2,1-2H3,(H,15,18)(H,16,21)(H,19,20)/t9?,10-,11?/m0/s1. The van der Waals surface area contributed by atoms with Crippen LogP contribution in [0.2, 0.25) is 0 Å². The lowest BCUT2D eigenvalue weighted by atomic mass is 9.92. The molecule has 7 nitrogen and oxygen atoms in total. The summed E-state index contributed by atoms with van der Waals surface area (Å²) in [6.45, 7) is 4.85. The molecule has 0 radical (unpaired) electrons. The van der Waals surface area contributed by atoms with Crippen molar-refractivity contribution < 1.29 is 19.5 Å². The molecule has 3 atom stereocenters. The van der Waals surface area contributed by atoms with E-state index in [9.17, 15) is 19.5 Å². The van der Waals surface area contributed by atoms with Crippen molar-refractivity contribution in [2.45, 2.75) is 45.2 Å². The Bertz CT molecular complexity index is 438. The van der Waals surface area contributed by atoms with Gasteiger partial charge in [-0.05, 0) is 25.2 Å². The van der Waals surface area contributed by atoms with Crippen LogP contribution in [0.1, 0.15) is 33.1 Å². The van der Waals surface area contributed by atoms with Gasteiger partial charge in [-0.15, -0.1) is 0 Å². The fourth-order valence-electron chi connectivity index (χ4n) is 3.13. The number of carbonyl (C=O) groups excluding carboxylic acids is 2. The average Bonchev–Trinajstić information content (AvgIpc) is 2.79. The highest BCUT2D eigenvalue weighted by Gasteiger charge is 2.43. The van der Waals surface area contributed by atoms with E-state index in [2.05, 4.69) is 10.6 Å². The number of carbonyl (C=O) groups is 3. The van der Waals surface area contributed by atoms with Crippen molar-refractivity contribution >= 4 is 17.9 Å². The number of hydrogen-bond acceptors (Lipinski definition) is 3. The first-order chi connectivity index (χ1) is 9.90. The molecule has 0 aromatic heterocycles. The third-order valence-corrected chi connectivity index (χ3v) is 4.16. The Morgan fingerprint density at radius 2 is 2.19 bits per heavy atom. The molecule has 0 spiro atoms. The number of amides is 3. The van der Waals surface area contributed by atoms with E-state index in [1.54, 1.807) is 4.90 Å². The van der Waals surface area contributed by atoms with Gasteiger partial charge in [-0.3, -0.25) is 4.79 Å². The number of hydrogen-bond donors (Lipinski definition) is 3. The SMILES string of the molecule is CC(C)C[C@H](NC(=O)N1CCCC2C(=O)NCC21)C(=O)O. The van der Waals surface area contributed by atoms with Crippen LogP contribution in [0.15, 0.2) is 0 Å². The molecule has 2 aliphatic heterocycles. The van der Waals surface area contributed by atoms with Crippen molar-refractivity contribution in [1.29, 1.82) is 0 Å². The van der Waals surface area contributed by atoms with Gasteiger partial charge in [0.1, 0.15) is 6.04 Å². The second kappa shape index (κ2) is 6.32. The predicted molar refractivity (Wildman–Crippen MR) is 75.6 cm³/mol. The Morgan fingerprint density at radius 1 is 1.48 bits per heavy atom. The Kier molecular flexibility index (Phi) is 4.69. The maximum Gasteiger partial charge on any atom is 0.326 e. The van der Waals surface area contributed by atoms with Crippen LogP contribution in [0.25, 0.3) is 0 Å². The lowest BCUT2D eigenvalue weighted by Crippen LogP contribution is -2.55. The summed E-state index contributed by atoms with van der Waals surface area (Å²) in [5.41, 5.74) is 0. The first-order valence-electron chi connectivity index (χ1n) is 7.47. The van der Waals surface area contributed by atoms with Crippen molar-refractivity contribution in [1.82, 2.24) is 15.5 Å². The second-order valence-corrected chi connectivity index (χ2v) is 6.22. The van der Waals surface area contributed by atoms with E-state index in [-0.39, 0.29) is 29.8 Å². The van der Waals surface area contributed by atoms with Gasteiger partial charge >= 0.3 is 12.0 Å². The van der Waals surface area contributed by atoms with E-state index in [0.29, 0.717) is 19.5 Å². The molecule has 2 rings (SSSR count). The summed E-state index contributed by atoms with van der Waals surface area (Å²) >= 11 is 0. The quantitative estimate of drug-likeness (QED) is 0.699. The van der Waals surface area contributed by atoms with Crippen molar-refractivity contribution in [2.24, 2.45) is 11.8 Å². The molecule has 0 aromatic rings. The predicted octanol–water partition coefficient (Wildman–Crippen LogP) is 0.406. The topological polar surface area (TPSA) is 98.7 Å². The van der Waals surface area contributed by atoms with Crippen molar-refractivity contribution in [3.63, 3.8) is 0 Å².